The minimum absolute atomic E-state index is 0.0360. The van der Waals surface area contributed by atoms with E-state index in [4.69, 9.17) is 17.3 Å². The molecule has 1 atom stereocenters. The van der Waals surface area contributed by atoms with Crippen molar-refractivity contribution < 1.29 is 27.6 Å². The summed E-state index contributed by atoms with van der Waals surface area (Å²) in [4.78, 5) is 53.4. The number of thiophene rings is 1. The Bertz CT molecular complexity index is 1260. The van der Waals surface area contributed by atoms with E-state index in [1.165, 1.54) is 33.5 Å². The molecule has 0 radical (unpaired) electrons. The minimum Gasteiger partial charge on any atom is -0.370 e. The maximum atomic E-state index is 13.6. The number of halogens is 1. The molecule has 1 aromatic carbocycles. The quantitative estimate of drug-likeness (QED) is 0.531. The molecule has 2 aliphatic rings. The number of sulfonamides is 1. The number of carbonyl (C=O) groups excluding carboxylic acids is 4. The van der Waals surface area contributed by atoms with E-state index in [9.17, 15) is 27.6 Å². The molecule has 1 fully saturated rings. The summed E-state index contributed by atoms with van der Waals surface area (Å²) in [5.41, 5.74) is 5.67. The van der Waals surface area contributed by atoms with Gasteiger partial charge < -0.3 is 10.6 Å². The fraction of sp³-hybridized carbons (Fsp3) is 0.364. The molecule has 1 aromatic heterocycles. The number of imide groups is 1. The van der Waals surface area contributed by atoms with Gasteiger partial charge in [-0.1, -0.05) is 23.7 Å². The Labute approximate surface area is 211 Å². The van der Waals surface area contributed by atoms with E-state index in [2.05, 4.69) is 0 Å². The lowest BCUT2D eigenvalue weighted by Gasteiger charge is -2.30. The summed E-state index contributed by atoms with van der Waals surface area (Å²) >= 11 is 6.86. The first-order valence-electron chi connectivity index (χ1n) is 10.9. The molecule has 35 heavy (non-hydrogen) atoms. The highest BCUT2D eigenvalue weighted by Gasteiger charge is 2.44. The molecule has 1 saturated heterocycles. The second-order valence-electron chi connectivity index (χ2n) is 8.19. The average Bonchev–Trinajstić information content (AvgIpc) is 3.25. The Balaban J connectivity index is 1.55. The zero-order chi connectivity index (χ0) is 25.3. The van der Waals surface area contributed by atoms with Crippen LogP contribution < -0.4 is 5.73 Å². The summed E-state index contributed by atoms with van der Waals surface area (Å²) in [6.07, 6.45) is 0.0396. The van der Waals surface area contributed by atoms with Gasteiger partial charge >= 0.3 is 0 Å². The predicted molar refractivity (Wildman–Crippen MR) is 128 cm³/mol. The summed E-state index contributed by atoms with van der Waals surface area (Å²) in [5.74, 6) is -2.41. The van der Waals surface area contributed by atoms with Crippen LogP contribution in [-0.4, -0.2) is 78.4 Å². The normalized spacial score (nSPS) is 17.9. The fourth-order valence-corrected chi connectivity index (χ4v) is 7.37. The van der Waals surface area contributed by atoms with Gasteiger partial charge in [0, 0.05) is 32.6 Å². The molecule has 0 bridgehead atoms. The van der Waals surface area contributed by atoms with Gasteiger partial charge in [0.05, 0.1) is 15.5 Å². The molecule has 186 valence electrons. The Morgan fingerprint density at radius 2 is 1.66 bits per heavy atom. The zero-order valence-electron chi connectivity index (χ0n) is 18.6. The van der Waals surface area contributed by atoms with Crippen LogP contribution in [0.2, 0.25) is 4.34 Å². The predicted octanol–water partition coefficient (Wildman–Crippen LogP) is 1.55. The van der Waals surface area contributed by atoms with Crippen LogP contribution >= 0.6 is 22.9 Å². The minimum atomic E-state index is -3.78. The van der Waals surface area contributed by atoms with Gasteiger partial charge in [0.25, 0.3) is 21.8 Å². The first kappa shape index (κ1) is 25.3. The van der Waals surface area contributed by atoms with Gasteiger partial charge in [0.15, 0.2) is 0 Å². The molecule has 4 rings (SSSR count). The third-order valence-electron chi connectivity index (χ3n) is 6.00. The topological polar surface area (TPSA) is 138 Å². The zero-order valence-corrected chi connectivity index (χ0v) is 20.9. The van der Waals surface area contributed by atoms with Crippen molar-refractivity contribution in [1.82, 2.24) is 14.1 Å². The molecule has 2 aliphatic heterocycles. The number of amides is 4. The largest absolute Gasteiger partial charge is 0.370 e. The molecule has 1 unspecified atom stereocenters. The van der Waals surface area contributed by atoms with Crippen LogP contribution in [0.25, 0.3) is 0 Å². The van der Waals surface area contributed by atoms with Crippen LogP contribution in [0.3, 0.4) is 0 Å². The molecule has 13 heteroatoms. The lowest BCUT2D eigenvalue weighted by atomic mass is 10.1. The van der Waals surface area contributed by atoms with Gasteiger partial charge in [-0.3, -0.25) is 24.1 Å². The van der Waals surface area contributed by atoms with E-state index in [0.717, 1.165) is 16.2 Å². The van der Waals surface area contributed by atoms with E-state index in [1.54, 1.807) is 12.1 Å². The second-order valence-corrected chi connectivity index (χ2v) is 12.1. The van der Waals surface area contributed by atoms with Crippen molar-refractivity contribution >= 4 is 56.6 Å². The molecular weight excluding hydrogens is 516 g/mol. The van der Waals surface area contributed by atoms with Crippen LogP contribution in [0, 0.1) is 0 Å². The van der Waals surface area contributed by atoms with Crippen LogP contribution in [-0.2, 0) is 19.6 Å². The first-order chi connectivity index (χ1) is 16.6. The van der Waals surface area contributed by atoms with Gasteiger partial charge in [-0.2, -0.15) is 4.31 Å². The number of hydrogen-bond donors (Lipinski definition) is 1. The molecule has 2 N–H and O–H groups in total. The Morgan fingerprint density at radius 3 is 2.23 bits per heavy atom. The average molecular weight is 539 g/mol. The highest BCUT2D eigenvalue weighted by Crippen LogP contribution is 2.30. The number of hydrogen-bond acceptors (Lipinski definition) is 7. The number of rotatable bonds is 7. The van der Waals surface area contributed by atoms with Crippen molar-refractivity contribution in [2.45, 2.75) is 29.5 Å². The smallest absolute Gasteiger partial charge is 0.262 e. The van der Waals surface area contributed by atoms with Crippen molar-refractivity contribution in [3.05, 3.63) is 51.9 Å². The van der Waals surface area contributed by atoms with Gasteiger partial charge in [0.2, 0.25) is 11.8 Å². The first-order valence-corrected chi connectivity index (χ1v) is 13.5. The molecule has 0 aliphatic carbocycles. The third kappa shape index (κ3) is 4.96. The Hall–Kier alpha value is -2.80. The number of primary amides is 1. The Kier molecular flexibility index (Phi) is 7.27. The van der Waals surface area contributed by atoms with E-state index in [1.807, 2.05) is 0 Å². The van der Waals surface area contributed by atoms with Crippen molar-refractivity contribution in [3.63, 3.8) is 0 Å². The summed E-state index contributed by atoms with van der Waals surface area (Å²) < 4.78 is 27.7. The fourth-order valence-electron chi connectivity index (χ4n) is 4.26. The molecule has 2 aromatic rings. The monoisotopic (exact) mass is 538 g/mol. The second kappa shape index (κ2) is 10.1. The highest BCUT2D eigenvalue weighted by atomic mass is 35.5. The molecule has 10 nitrogen and oxygen atoms in total. The van der Waals surface area contributed by atoms with Crippen LogP contribution in [0.4, 0.5) is 0 Å². The van der Waals surface area contributed by atoms with Gasteiger partial charge in [0.1, 0.15) is 10.3 Å². The summed E-state index contributed by atoms with van der Waals surface area (Å²) in [7, 11) is -3.78. The molecular formula is C22H23ClN4O6S2. The summed E-state index contributed by atoms with van der Waals surface area (Å²) in [6, 6.07) is 8.00. The number of fused-ring (bicyclic) bond motifs is 1. The SMILES string of the molecule is NC(=O)CCC(C(=O)N1CCCN(S(=O)(=O)c2ccc(Cl)s2)CC1)N1C(=O)c2ccccc2C1=O. The van der Waals surface area contributed by atoms with Gasteiger partial charge in [-0.25, -0.2) is 8.42 Å². The van der Waals surface area contributed by atoms with E-state index in [0.29, 0.717) is 10.8 Å². The van der Waals surface area contributed by atoms with E-state index < -0.39 is 39.7 Å². The number of carbonyl (C=O) groups is 4. The van der Waals surface area contributed by atoms with Crippen molar-refractivity contribution in [2.75, 3.05) is 26.2 Å². The summed E-state index contributed by atoms with van der Waals surface area (Å²) in [6.45, 7) is 0.522. The van der Waals surface area contributed by atoms with Gasteiger partial charge in [-0.15, -0.1) is 11.3 Å². The van der Waals surface area contributed by atoms with Crippen LogP contribution in [0.5, 0.6) is 0 Å². The standard InChI is InChI=1S/C22H23ClN4O6S2/c23-17-7-9-19(34-17)35(32,33)26-11-3-10-25(12-13-26)22(31)16(6-8-18(24)28)27-20(29)14-4-1-2-5-15(14)21(27)30/h1-2,4-5,7,9,16H,3,6,8,10-13H2,(H2,24,28). The number of nitrogens with two attached hydrogens (primary N) is 1. The number of nitrogens with zero attached hydrogens (tertiary/aromatic N) is 3. The Morgan fingerprint density at radius 1 is 1.00 bits per heavy atom. The van der Waals surface area contributed by atoms with Crippen molar-refractivity contribution in [3.8, 4) is 0 Å². The van der Waals surface area contributed by atoms with Crippen molar-refractivity contribution in [2.24, 2.45) is 5.73 Å². The van der Waals surface area contributed by atoms with E-state index >= 15 is 0 Å². The highest BCUT2D eigenvalue weighted by molar-refractivity contribution is 7.91. The van der Waals surface area contributed by atoms with Crippen LogP contribution in [0.1, 0.15) is 40.0 Å². The van der Waals surface area contributed by atoms with Gasteiger partial charge in [-0.05, 0) is 37.1 Å². The van der Waals surface area contributed by atoms with E-state index in [-0.39, 0.29) is 54.4 Å². The molecule has 4 amide bonds. The maximum Gasteiger partial charge on any atom is 0.262 e. The lowest BCUT2D eigenvalue weighted by Crippen LogP contribution is -2.52. The lowest BCUT2D eigenvalue weighted by molar-refractivity contribution is -0.135. The van der Waals surface area contributed by atoms with Crippen molar-refractivity contribution in [1.29, 1.82) is 0 Å². The summed E-state index contributed by atoms with van der Waals surface area (Å²) in [5, 5.41) is 0. The molecule has 0 spiro atoms. The number of benzene rings is 1. The molecule has 0 saturated carbocycles. The third-order valence-corrected chi connectivity index (χ3v) is 9.59. The molecule has 3 heterocycles. The van der Waals surface area contributed by atoms with Crippen LogP contribution in [0.15, 0.2) is 40.6 Å². The maximum absolute atomic E-state index is 13.6.